The number of carbonyl (C=O) groups is 4. The van der Waals surface area contributed by atoms with Gasteiger partial charge >= 0.3 is 83.0 Å². The van der Waals surface area contributed by atoms with E-state index in [4.69, 9.17) is 33.5 Å². The molecule has 0 bridgehead atoms. The first kappa shape index (κ1) is 73.6. The van der Waals surface area contributed by atoms with Crippen LogP contribution in [0.15, 0.2) is 103 Å². The van der Waals surface area contributed by atoms with Gasteiger partial charge in [0.15, 0.2) is 0 Å². The van der Waals surface area contributed by atoms with Crippen LogP contribution in [0.2, 0.25) is 0 Å². The summed E-state index contributed by atoms with van der Waals surface area (Å²) in [4.78, 5) is 46.0. The van der Waals surface area contributed by atoms with Crippen molar-refractivity contribution in [2.45, 2.75) is 36.4 Å². The molecule has 0 saturated carbocycles. The summed E-state index contributed by atoms with van der Waals surface area (Å²) in [7, 11) is 9.06. The van der Waals surface area contributed by atoms with Gasteiger partial charge in [-0.15, -0.1) is 0 Å². The number of carbonyl (C=O) groups excluding carboxylic acids is 3. The zero-order chi connectivity index (χ0) is 50.7. The molecule has 0 aliphatic rings. The summed E-state index contributed by atoms with van der Waals surface area (Å²) in [5.41, 5.74) is 5.27. The van der Waals surface area contributed by atoms with Crippen molar-refractivity contribution >= 4 is 87.7 Å². The summed E-state index contributed by atoms with van der Waals surface area (Å²) in [5.74, 6) is 3.43. The number of hydrogen-bond acceptors (Lipinski definition) is 16. The molecule has 0 fully saturated rings. The molecule has 13 nitrogen and oxygen atoms in total. The molecule has 374 valence electrons. The molecule has 0 radical (unpaired) electrons. The first-order chi connectivity index (χ1) is 32.4. The second-order valence-corrected chi connectivity index (χ2v) is 15.5. The summed E-state index contributed by atoms with van der Waals surface area (Å²) in [6.07, 6.45) is 7.48. The molecule has 0 amide bonds. The van der Waals surface area contributed by atoms with Crippen LogP contribution in [0.25, 0.3) is 0 Å². The van der Waals surface area contributed by atoms with E-state index in [2.05, 4.69) is 33.3 Å². The summed E-state index contributed by atoms with van der Waals surface area (Å²) in [6.45, 7) is 4.00. The van der Waals surface area contributed by atoms with Crippen LogP contribution in [-0.2, 0) is 44.7 Å². The van der Waals surface area contributed by atoms with Crippen LogP contribution in [0.1, 0.15) is 77.5 Å². The van der Waals surface area contributed by atoms with Gasteiger partial charge in [-0.25, -0.2) is 19.2 Å². The number of halogens is 1. The predicted molar refractivity (Wildman–Crippen MR) is 284 cm³/mol. The van der Waals surface area contributed by atoms with Gasteiger partial charge in [0.1, 0.15) is 28.7 Å². The van der Waals surface area contributed by atoms with Gasteiger partial charge < -0.3 is 56.4 Å². The Hall–Kier alpha value is -2.98. The van der Waals surface area contributed by atoms with Gasteiger partial charge in [-0.3, -0.25) is 0 Å². The summed E-state index contributed by atoms with van der Waals surface area (Å²) < 4.78 is 35.5. The minimum Gasteiger partial charge on any atom is -0.870 e. The maximum absolute atomic E-state index is 12.3. The van der Waals surface area contributed by atoms with Crippen molar-refractivity contribution in [3.63, 3.8) is 0 Å². The average Bonchev–Trinajstić information content (AvgIpc) is 3.37. The summed E-state index contributed by atoms with van der Waals surface area (Å²) in [6, 6.07) is 30.2. The molecule has 0 atom stereocenters. The second-order valence-electron chi connectivity index (χ2n) is 12.4. The predicted octanol–water partition coefficient (Wildman–Crippen LogP) is 5.78. The van der Waals surface area contributed by atoms with E-state index < -0.39 is 5.97 Å². The first-order valence-corrected chi connectivity index (χ1v) is 26.3. The molecule has 0 spiro atoms. The molecular formula is C50H63BrNa2O13S4. The van der Waals surface area contributed by atoms with E-state index in [1.807, 2.05) is 69.0 Å². The largest absolute Gasteiger partial charge is 1.00 e. The summed E-state index contributed by atoms with van der Waals surface area (Å²) in [5, 5.41) is 9.50. The monoisotopic (exact) mass is 1120 g/mol. The Labute approximate surface area is 485 Å². The van der Waals surface area contributed by atoms with Gasteiger partial charge in [-0.05, 0) is 79.4 Å². The topological polar surface area (TPSA) is 183 Å². The van der Waals surface area contributed by atoms with Gasteiger partial charge in [0.25, 0.3) is 0 Å². The van der Waals surface area contributed by atoms with E-state index in [-0.39, 0.29) is 82.5 Å². The molecule has 5 aromatic rings. The number of carboxylic acids is 1. The number of methoxy groups -OCH3 is 6. The Kier molecular flexibility index (Phi) is 47.0. The van der Waals surface area contributed by atoms with Gasteiger partial charge in [-0.2, -0.15) is 41.5 Å². The number of carboxylic acid groups (broad SMARTS) is 1. The molecule has 0 heterocycles. The molecule has 5 rings (SSSR count). The van der Waals surface area contributed by atoms with Crippen molar-refractivity contribution in [1.29, 1.82) is 0 Å². The van der Waals surface area contributed by atoms with Crippen LogP contribution < -0.4 is 82.8 Å². The normalized spacial score (nSPS) is 9.06. The van der Waals surface area contributed by atoms with Crippen molar-refractivity contribution in [2.75, 3.05) is 67.7 Å². The second kappa shape index (κ2) is 44.7. The van der Waals surface area contributed by atoms with Crippen LogP contribution in [0.4, 0.5) is 0 Å². The standard InChI is InChI=1S/C16H16O3S.C11H14O3S.C10H11BrO3.C10H12O3S.C2H6.CH4S.2Na.H2O/c1-18-15-10-6-9-13(14(15)11-20-2)16(17)19-12-7-4-3-5-8-12;1-13-10-6-4-5-8(11(12)14-2)9(10)7-15-3;1-13-9-5-3-4-7(8(9)6-11)10(12)14-2;1-13-9-5-3-4-7(10(11)12)8(9)6-14-2;2*1-2;;;/h3-10H,11H2,1-2H3;4-6H,7H2,1-3H3;3-5H,6H2,1-2H3;3-5H,6H2,1-2H3,(H,11,12);1-2H3;2H,1H3;;;1H2/q;;;;;;2*+1;/p-2. The third-order valence-corrected chi connectivity index (χ3v) is 10.9. The average molecular weight is 1130 g/mol. The van der Waals surface area contributed by atoms with Crippen LogP contribution in [0.5, 0.6) is 28.7 Å². The fraction of sp³-hybridized carbons (Fsp3) is 0.320. The van der Waals surface area contributed by atoms with Crippen LogP contribution >= 0.6 is 51.2 Å². The number of alkyl halides is 1. The number of ether oxygens (including phenoxy) is 7. The Morgan fingerprint density at radius 2 is 0.786 bits per heavy atom. The van der Waals surface area contributed by atoms with Crippen LogP contribution in [0, 0.1) is 0 Å². The van der Waals surface area contributed by atoms with E-state index in [1.54, 1.807) is 137 Å². The molecular weight excluding hydrogens is 1060 g/mol. The van der Waals surface area contributed by atoms with Crippen molar-refractivity contribution in [3.8, 4) is 28.7 Å². The molecule has 0 unspecified atom stereocenters. The number of hydrogen-bond donors (Lipinski definition) is 1. The van der Waals surface area contributed by atoms with Crippen molar-refractivity contribution in [1.82, 2.24) is 0 Å². The van der Waals surface area contributed by atoms with E-state index in [9.17, 15) is 19.2 Å². The van der Waals surface area contributed by atoms with Crippen LogP contribution in [0.3, 0.4) is 0 Å². The number of para-hydroxylation sites is 1. The van der Waals surface area contributed by atoms with E-state index >= 15 is 0 Å². The number of rotatable bonds is 16. The SMILES string of the molecule is CC.COC(=O)c1cccc(OC)c1CBr.COC(=O)c1cccc(OC)c1CSC.COc1cccc(C(=O)O)c1CSC.COc1cccc(C(=O)Oc2ccccc2)c1CSC.C[S-].[Na+].[Na+].[OH-]. The Morgan fingerprint density at radius 1 is 0.486 bits per heavy atom. The molecule has 0 aliphatic heterocycles. The van der Waals surface area contributed by atoms with Gasteiger partial charge in [0.05, 0.1) is 64.9 Å². The smallest absolute Gasteiger partial charge is 0.870 e. The van der Waals surface area contributed by atoms with Gasteiger partial charge in [0, 0.05) is 44.8 Å². The third-order valence-electron chi connectivity index (χ3n) is 8.63. The van der Waals surface area contributed by atoms with Crippen molar-refractivity contribution < 1.29 is 122 Å². The number of aromatic carboxylic acids is 1. The van der Waals surface area contributed by atoms with E-state index in [1.165, 1.54) is 14.2 Å². The fourth-order valence-electron chi connectivity index (χ4n) is 5.69. The molecule has 5 aromatic carbocycles. The quantitative estimate of drug-likeness (QED) is 0.0413. The maximum atomic E-state index is 12.3. The Balaban J connectivity index is -0.000000403. The minimum absolute atomic E-state index is 0. The fourth-order valence-corrected chi connectivity index (χ4v) is 8.03. The summed E-state index contributed by atoms with van der Waals surface area (Å²) >= 11 is 12.2. The molecule has 0 aliphatic carbocycles. The Morgan fingerprint density at radius 3 is 1.09 bits per heavy atom. The van der Waals surface area contributed by atoms with E-state index in [0.29, 0.717) is 62.1 Å². The minimum atomic E-state index is -0.909. The van der Waals surface area contributed by atoms with Gasteiger partial charge in [-0.1, -0.05) is 72.2 Å². The zero-order valence-electron chi connectivity index (χ0n) is 42.5. The molecule has 20 heteroatoms. The van der Waals surface area contributed by atoms with Crippen molar-refractivity contribution in [3.05, 3.63) is 148 Å². The number of thioether (sulfide) groups is 3. The van der Waals surface area contributed by atoms with E-state index in [0.717, 1.165) is 33.8 Å². The van der Waals surface area contributed by atoms with Crippen molar-refractivity contribution in [2.24, 2.45) is 0 Å². The zero-order valence-corrected chi connectivity index (χ0v) is 51.4. The first-order valence-electron chi connectivity index (χ1n) is 20.2. The molecule has 0 aromatic heterocycles. The van der Waals surface area contributed by atoms with Crippen LogP contribution in [-0.4, -0.2) is 102 Å². The van der Waals surface area contributed by atoms with Gasteiger partial charge in [0.2, 0.25) is 0 Å². The molecule has 2 N–H and O–H groups in total. The number of benzene rings is 5. The Bertz CT molecular complexity index is 2240. The molecule has 70 heavy (non-hydrogen) atoms. The molecule has 0 saturated heterocycles. The third kappa shape index (κ3) is 24.6. The number of esters is 3. The maximum Gasteiger partial charge on any atom is 1.00 e.